The number of rotatable bonds is 4. The molecule has 1 aliphatic rings. The van der Waals surface area contributed by atoms with E-state index < -0.39 is 0 Å². The summed E-state index contributed by atoms with van der Waals surface area (Å²) in [5, 5.41) is 14.5. The van der Waals surface area contributed by atoms with E-state index in [1.54, 1.807) is 0 Å². The van der Waals surface area contributed by atoms with Gasteiger partial charge in [-0.2, -0.15) is 0 Å². The van der Waals surface area contributed by atoms with Gasteiger partial charge in [0.1, 0.15) is 5.82 Å². The van der Waals surface area contributed by atoms with Crippen LogP contribution in [0.2, 0.25) is 0 Å². The molecule has 0 aromatic carbocycles. The Kier molecular flexibility index (Phi) is 3.92. The molecule has 2 N–H and O–H groups in total. The number of pyridine rings is 1. The van der Waals surface area contributed by atoms with Crippen LogP contribution in [-0.4, -0.2) is 39.6 Å². The lowest BCUT2D eigenvalue weighted by molar-refractivity contribution is -0.123. The summed E-state index contributed by atoms with van der Waals surface area (Å²) in [6.45, 7) is 1.53. The molecule has 3 rings (SSSR count). The number of nitrogens with one attached hydrogen (secondary N) is 2. The molecule has 6 nitrogen and oxygen atoms in total. The fourth-order valence-electron chi connectivity index (χ4n) is 2.56. The van der Waals surface area contributed by atoms with E-state index in [2.05, 4.69) is 20.8 Å². The Morgan fingerprint density at radius 1 is 1.40 bits per heavy atom. The van der Waals surface area contributed by atoms with E-state index in [1.165, 1.54) is 0 Å². The van der Waals surface area contributed by atoms with Crippen LogP contribution >= 0.6 is 0 Å². The fourth-order valence-corrected chi connectivity index (χ4v) is 2.56. The van der Waals surface area contributed by atoms with Gasteiger partial charge in [0.25, 0.3) is 0 Å². The first-order valence-corrected chi connectivity index (χ1v) is 7.14. The summed E-state index contributed by atoms with van der Waals surface area (Å²) in [5.41, 5.74) is 0.836. The van der Waals surface area contributed by atoms with Crippen molar-refractivity contribution in [3.63, 3.8) is 0 Å². The third-order valence-corrected chi connectivity index (χ3v) is 3.66. The predicted octanol–water partition coefficient (Wildman–Crippen LogP) is 0.530. The fraction of sp³-hybridized carbons (Fsp3) is 0.500. The van der Waals surface area contributed by atoms with Crippen LogP contribution in [0.25, 0.3) is 5.65 Å². The number of hydrogen-bond acceptors (Lipinski definition) is 4. The minimum absolute atomic E-state index is 0.0288. The minimum atomic E-state index is -0.0288. The van der Waals surface area contributed by atoms with E-state index in [-0.39, 0.29) is 11.9 Å². The summed E-state index contributed by atoms with van der Waals surface area (Å²) >= 11 is 0. The zero-order valence-electron chi connectivity index (χ0n) is 11.4. The molecule has 1 atom stereocenters. The van der Waals surface area contributed by atoms with Gasteiger partial charge < -0.3 is 10.6 Å². The summed E-state index contributed by atoms with van der Waals surface area (Å²) in [4.78, 5) is 12.0. The van der Waals surface area contributed by atoms with Gasteiger partial charge in [0, 0.05) is 19.2 Å². The summed E-state index contributed by atoms with van der Waals surface area (Å²) < 4.78 is 1.95. The van der Waals surface area contributed by atoms with Crippen LogP contribution in [0.5, 0.6) is 0 Å². The third-order valence-electron chi connectivity index (χ3n) is 3.66. The molecule has 1 saturated heterocycles. The summed E-state index contributed by atoms with van der Waals surface area (Å²) in [6, 6.07) is 5.77. The van der Waals surface area contributed by atoms with Crippen LogP contribution in [0, 0.1) is 0 Å². The van der Waals surface area contributed by atoms with Gasteiger partial charge >= 0.3 is 0 Å². The molecule has 20 heavy (non-hydrogen) atoms. The zero-order valence-corrected chi connectivity index (χ0v) is 11.4. The normalized spacial score (nSPS) is 19.1. The SMILES string of the molecule is O=C(NCCc1nnc2ccccn12)C1CCCCN1. The van der Waals surface area contributed by atoms with Gasteiger partial charge in [-0.3, -0.25) is 9.20 Å². The van der Waals surface area contributed by atoms with Gasteiger partial charge in [-0.05, 0) is 31.5 Å². The molecule has 6 heteroatoms. The van der Waals surface area contributed by atoms with Gasteiger partial charge in [-0.1, -0.05) is 12.5 Å². The standard InChI is InChI=1S/C14H19N5O/c20-14(11-5-1-3-8-15-11)16-9-7-13-18-17-12-6-2-4-10-19(12)13/h2,4,6,10-11,15H,1,3,5,7-9H2,(H,16,20). The van der Waals surface area contributed by atoms with Gasteiger partial charge in [0.2, 0.25) is 5.91 Å². The number of amides is 1. The number of piperidine rings is 1. The number of fused-ring (bicyclic) bond motifs is 1. The maximum Gasteiger partial charge on any atom is 0.237 e. The molecule has 1 aliphatic heterocycles. The number of carbonyl (C=O) groups excluding carboxylic acids is 1. The minimum Gasteiger partial charge on any atom is -0.354 e. The topological polar surface area (TPSA) is 71.3 Å². The molecule has 3 heterocycles. The molecule has 1 unspecified atom stereocenters. The van der Waals surface area contributed by atoms with Crippen LogP contribution in [0.1, 0.15) is 25.1 Å². The highest BCUT2D eigenvalue weighted by Gasteiger charge is 2.19. The Morgan fingerprint density at radius 2 is 2.35 bits per heavy atom. The van der Waals surface area contributed by atoms with Gasteiger partial charge in [-0.25, -0.2) is 0 Å². The Hall–Kier alpha value is -1.95. The predicted molar refractivity (Wildman–Crippen MR) is 75.3 cm³/mol. The molecule has 0 radical (unpaired) electrons. The Morgan fingerprint density at radius 3 is 3.20 bits per heavy atom. The molecular formula is C14H19N5O. The molecule has 2 aromatic heterocycles. The van der Waals surface area contributed by atoms with E-state index in [0.29, 0.717) is 13.0 Å². The Labute approximate surface area is 117 Å². The molecule has 0 saturated carbocycles. The summed E-state index contributed by atoms with van der Waals surface area (Å²) in [6.07, 6.45) is 5.84. The van der Waals surface area contributed by atoms with E-state index in [1.807, 2.05) is 28.8 Å². The van der Waals surface area contributed by atoms with Gasteiger partial charge in [-0.15, -0.1) is 10.2 Å². The van der Waals surface area contributed by atoms with E-state index in [4.69, 9.17) is 0 Å². The highest BCUT2D eigenvalue weighted by Crippen LogP contribution is 2.07. The van der Waals surface area contributed by atoms with Crippen LogP contribution in [-0.2, 0) is 11.2 Å². The van der Waals surface area contributed by atoms with E-state index in [9.17, 15) is 4.79 Å². The highest BCUT2D eigenvalue weighted by atomic mass is 16.2. The van der Waals surface area contributed by atoms with Crippen LogP contribution in [0.15, 0.2) is 24.4 Å². The van der Waals surface area contributed by atoms with Crippen LogP contribution in [0.4, 0.5) is 0 Å². The second kappa shape index (κ2) is 6.00. The third kappa shape index (κ3) is 2.80. The van der Waals surface area contributed by atoms with E-state index in [0.717, 1.165) is 37.3 Å². The van der Waals surface area contributed by atoms with E-state index >= 15 is 0 Å². The number of carbonyl (C=O) groups is 1. The lowest BCUT2D eigenvalue weighted by atomic mass is 10.0. The smallest absolute Gasteiger partial charge is 0.237 e. The van der Waals surface area contributed by atoms with Gasteiger partial charge in [0.05, 0.1) is 6.04 Å². The first-order valence-electron chi connectivity index (χ1n) is 7.14. The van der Waals surface area contributed by atoms with Crippen LogP contribution in [0.3, 0.4) is 0 Å². The maximum atomic E-state index is 12.0. The maximum absolute atomic E-state index is 12.0. The van der Waals surface area contributed by atoms with Crippen LogP contribution < -0.4 is 10.6 Å². The molecule has 106 valence electrons. The number of aromatic nitrogens is 3. The van der Waals surface area contributed by atoms with Gasteiger partial charge in [0.15, 0.2) is 5.65 Å². The van der Waals surface area contributed by atoms with Crippen molar-refractivity contribution in [2.75, 3.05) is 13.1 Å². The molecule has 1 fully saturated rings. The Balaban J connectivity index is 1.53. The quantitative estimate of drug-likeness (QED) is 0.852. The molecule has 2 aromatic rings. The second-order valence-electron chi connectivity index (χ2n) is 5.09. The zero-order chi connectivity index (χ0) is 13.8. The monoisotopic (exact) mass is 273 g/mol. The van der Waals surface area contributed by atoms with Crippen molar-refractivity contribution in [1.82, 2.24) is 25.2 Å². The number of hydrogen-bond donors (Lipinski definition) is 2. The van der Waals surface area contributed by atoms with Crippen molar-refractivity contribution in [1.29, 1.82) is 0 Å². The summed E-state index contributed by atoms with van der Waals surface area (Å²) in [5.74, 6) is 0.969. The lowest BCUT2D eigenvalue weighted by Crippen LogP contribution is -2.47. The van der Waals surface area contributed by atoms with Crippen molar-refractivity contribution in [2.24, 2.45) is 0 Å². The molecule has 0 spiro atoms. The molecule has 1 amide bonds. The largest absolute Gasteiger partial charge is 0.354 e. The average molecular weight is 273 g/mol. The summed E-state index contributed by atoms with van der Waals surface area (Å²) in [7, 11) is 0. The Bertz CT molecular complexity index is 588. The van der Waals surface area contributed by atoms with Crippen molar-refractivity contribution in [3.8, 4) is 0 Å². The average Bonchev–Trinajstić information content (AvgIpc) is 2.92. The van der Waals surface area contributed by atoms with Crippen molar-refractivity contribution < 1.29 is 4.79 Å². The molecular weight excluding hydrogens is 254 g/mol. The first-order chi connectivity index (χ1) is 9.84. The van der Waals surface area contributed by atoms with Crippen molar-refractivity contribution in [2.45, 2.75) is 31.7 Å². The first kappa shape index (κ1) is 13.1. The lowest BCUT2D eigenvalue weighted by Gasteiger charge is -2.22. The molecule has 0 aliphatic carbocycles. The van der Waals surface area contributed by atoms with Crippen molar-refractivity contribution in [3.05, 3.63) is 30.2 Å². The second-order valence-corrected chi connectivity index (χ2v) is 5.09. The number of nitrogens with zero attached hydrogens (tertiary/aromatic N) is 3. The highest BCUT2D eigenvalue weighted by molar-refractivity contribution is 5.81. The van der Waals surface area contributed by atoms with Crippen molar-refractivity contribution >= 4 is 11.6 Å². The molecule has 0 bridgehead atoms.